The molecule has 20 heavy (non-hydrogen) atoms. The second kappa shape index (κ2) is 6.00. The summed E-state index contributed by atoms with van der Waals surface area (Å²) in [7, 11) is 0. The summed E-state index contributed by atoms with van der Waals surface area (Å²) in [6, 6.07) is 3.34. The number of aromatic nitrogens is 3. The molecule has 0 saturated heterocycles. The second-order valence-electron chi connectivity index (χ2n) is 4.37. The molecule has 0 spiro atoms. The number of carbonyl (C=O) groups excluding carboxylic acids is 1. The van der Waals surface area contributed by atoms with Crippen molar-refractivity contribution in [3.8, 4) is 5.88 Å². The number of anilines is 1. The molecular weight excluding hydrogens is 280 g/mol. The van der Waals surface area contributed by atoms with E-state index in [0.717, 1.165) is 6.42 Å². The highest BCUT2D eigenvalue weighted by atomic mass is 35.5. The van der Waals surface area contributed by atoms with E-state index in [-0.39, 0.29) is 18.0 Å². The molecule has 2 rings (SSSR count). The van der Waals surface area contributed by atoms with Crippen LogP contribution in [0.2, 0.25) is 5.15 Å². The number of halogens is 1. The van der Waals surface area contributed by atoms with Crippen LogP contribution in [0.15, 0.2) is 12.1 Å². The minimum atomic E-state index is -0.249. The van der Waals surface area contributed by atoms with Crippen LogP contribution in [0.25, 0.3) is 11.0 Å². The van der Waals surface area contributed by atoms with E-state index in [2.05, 4.69) is 20.3 Å². The lowest BCUT2D eigenvalue weighted by atomic mass is 10.3. The average Bonchev–Trinajstić information content (AvgIpc) is 2.38. The number of carbonyl (C=O) groups is 1. The number of hydrogen-bond donors (Lipinski definition) is 1. The zero-order valence-corrected chi connectivity index (χ0v) is 12.2. The Hall–Kier alpha value is -1.95. The van der Waals surface area contributed by atoms with Crippen LogP contribution >= 0.6 is 11.6 Å². The highest BCUT2D eigenvalue weighted by molar-refractivity contribution is 6.29. The molecule has 0 aliphatic heterocycles. The van der Waals surface area contributed by atoms with Gasteiger partial charge in [-0.2, -0.15) is 4.98 Å². The van der Waals surface area contributed by atoms with E-state index < -0.39 is 0 Å². The third-order valence-electron chi connectivity index (χ3n) is 2.65. The van der Waals surface area contributed by atoms with E-state index in [1.807, 2.05) is 13.8 Å². The molecular formula is C13H15ClN4O2. The topological polar surface area (TPSA) is 77.0 Å². The maximum Gasteiger partial charge on any atom is 0.245 e. The summed E-state index contributed by atoms with van der Waals surface area (Å²) in [5.41, 5.74) is 1.04. The van der Waals surface area contributed by atoms with Gasteiger partial charge in [0, 0.05) is 6.92 Å². The Labute approximate surface area is 121 Å². The number of hydrogen-bond acceptors (Lipinski definition) is 5. The highest BCUT2D eigenvalue weighted by Gasteiger charge is 2.14. The first-order chi connectivity index (χ1) is 9.49. The molecule has 0 saturated carbocycles. The van der Waals surface area contributed by atoms with Gasteiger partial charge in [-0.25, -0.2) is 9.97 Å². The molecule has 7 heteroatoms. The largest absolute Gasteiger partial charge is 0.473 e. The molecule has 0 aliphatic rings. The number of nitrogens with zero attached hydrogens (tertiary/aromatic N) is 3. The molecule has 1 atom stereocenters. The summed E-state index contributed by atoms with van der Waals surface area (Å²) in [6.45, 7) is 5.32. The Kier molecular flexibility index (Phi) is 4.34. The second-order valence-corrected chi connectivity index (χ2v) is 4.76. The minimum Gasteiger partial charge on any atom is -0.473 e. The van der Waals surface area contributed by atoms with Gasteiger partial charge in [0.2, 0.25) is 17.7 Å². The van der Waals surface area contributed by atoms with Gasteiger partial charge in [0.1, 0.15) is 5.15 Å². The molecule has 1 unspecified atom stereocenters. The van der Waals surface area contributed by atoms with Gasteiger partial charge >= 0.3 is 0 Å². The molecule has 6 nitrogen and oxygen atoms in total. The third kappa shape index (κ3) is 3.33. The Bertz CT molecular complexity index is 648. The fourth-order valence-electron chi connectivity index (χ4n) is 1.53. The SMILES string of the molecule is CCC(C)Oc1nc(NC(C)=O)nc2ccc(Cl)nc12. The lowest BCUT2D eigenvalue weighted by Crippen LogP contribution is -2.14. The van der Waals surface area contributed by atoms with Crippen molar-refractivity contribution in [3.63, 3.8) is 0 Å². The van der Waals surface area contributed by atoms with Crippen LogP contribution in [-0.4, -0.2) is 27.0 Å². The van der Waals surface area contributed by atoms with Crippen LogP contribution < -0.4 is 10.1 Å². The summed E-state index contributed by atoms with van der Waals surface area (Å²) in [5, 5.41) is 2.88. The van der Waals surface area contributed by atoms with Gasteiger partial charge < -0.3 is 4.74 Å². The molecule has 0 bridgehead atoms. The fourth-order valence-corrected chi connectivity index (χ4v) is 1.68. The number of amides is 1. The molecule has 1 N–H and O–H groups in total. The van der Waals surface area contributed by atoms with Gasteiger partial charge in [0.25, 0.3) is 0 Å². The molecule has 1 amide bonds. The van der Waals surface area contributed by atoms with Crippen molar-refractivity contribution in [2.45, 2.75) is 33.3 Å². The zero-order valence-electron chi connectivity index (χ0n) is 11.5. The van der Waals surface area contributed by atoms with Crippen molar-refractivity contribution in [1.29, 1.82) is 0 Å². The number of ether oxygens (including phenoxy) is 1. The number of pyridine rings is 1. The molecule has 2 aromatic rings. The minimum absolute atomic E-state index is 0.0286. The van der Waals surface area contributed by atoms with Gasteiger partial charge in [-0.3, -0.25) is 10.1 Å². The lowest BCUT2D eigenvalue weighted by Gasteiger charge is -2.14. The first-order valence-corrected chi connectivity index (χ1v) is 6.66. The predicted molar refractivity (Wildman–Crippen MR) is 77.0 cm³/mol. The van der Waals surface area contributed by atoms with Gasteiger partial charge in [-0.15, -0.1) is 0 Å². The van der Waals surface area contributed by atoms with Gasteiger partial charge in [0.05, 0.1) is 11.6 Å². The Morgan fingerprint density at radius 2 is 2.15 bits per heavy atom. The Balaban J connectivity index is 2.53. The van der Waals surface area contributed by atoms with Crippen LogP contribution in [0.1, 0.15) is 27.2 Å². The summed E-state index contributed by atoms with van der Waals surface area (Å²) >= 11 is 5.89. The van der Waals surface area contributed by atoms with Crippen molar-refractivity contribution >= 4 is 34.5 Å². The Morgan fingerprint density at radius 1 is 1.40 bits per heavy atom. The van der Waals surface area contributed by atoms with Crippen LogP contribution in [0.5, 0.6) is 5.88 Å². The molecule has 2 aromatic heterocycles. The van der Waals surface area contributed by atoms with Crippen LogP contribution in [0.4, 0.5) is 5.95 Å². The number of rotatable bonds is 4. The highest BCUT2D eigenvalue weighted by Crippen LogP contribution is 2.25. The molecule has 0 fully saturated rings. The summed E-state index contributed by atoms with van der Waals surface area (Å²) in [4.78, 5) is 23.7. The standard InChI is InChI=1S/C13H15ClN4O2/c1-4-7(2)20-12-11-9(5-6-10(14)17-11)16-13(18-12)15-8(3)19/h5-7H,4H2,1-3H3,(H,15,16,18,19). The van der Waals surface area contributed by atoms with E-state index in [9.17, 15) is 4.79 Å². The zero-order chi connectivity index (χ0) is 14.7. The third-order valence-corrected chi connectivity index (χ3v) is 2.86. The summed E-state index contributed by atoms with van der Waals surface area (Å²) < 4.78 is 5.73. The van der Waals surface area contributed by atoms with Crippen molar-refractivity contribution in [3.05, 3.63) is 17.3 Å². The Morgan fingerprint density at radius 3 is 2.80 bits per heavy atom. The fraction of sp³-hybridized carbons (Fsp3) is 0.385. The molecule has 0 aromatic carbocycles. The molecule has 106 valence electrons. The maximum atomic E-state index is 11.1. The normalized spacial score (nSPS) is 12.2. The molecule has 2 heterocycles. The molecule has 0 aliphatic carbocycles. The summed E-state index contributed by atoms with van der Waals surface area (Å²) in [5.74, 6) is 0.254. The van der Waals surface area contributed by atoms with Crippen molar-refractivity contribution in [1.82, 2.24) is 15.0 Å². The maximum absolute atomic E-state index is 11.1. The predicted octanol–water partition coefficient (Wildman–Crippen LogP) is 2.81. The van der Waals surface area contributed by atoms with Gasteiger partial charge in [0.15, 0.2) is 5.52 Å². The van der Waals surface area contributed by atoms with Crippen LogP contribution in [0, 0.1) is 0 Å². The summed E-state index contributed by atoms with van der Waals surface area (Å²) in [6.07, 6.45) is 0.792. The quantitative estimate of drug-likeness (QED) is 0.877. The van der Waals surface area contributed by atoms with E-state index in [1.54, 1.807) is 12.1 Å². The van der Waals surface area contributed by atoms with E-state index in [4.69, 9.17) is 16.3 Å². The van der Waals surface area contributed by atoms with Crippen LogP contribution in [0.3, 0.4) is 0 Å². The van der Waals surface area contributed by atoms with E-state index >= 15 is 0 Å². The average molecular weight is 295 g/mol. The molecule has 0 radical (unpaired) electrons. The van der Waals surface area contributed by atoms with E-state index in [0.29, 0.717) is 22.1 Å². The first-order valence-electron chi connectivity index (χ1n) is 6.28. The number of fused-ring (bicyclic) bond motifs is 1. The van der Waals surface area contributed by atoms with Gasteiger partial charge in [-0.1, -0.05) is 18.5 Å². The van der Waals surface area contributed by atoms with Gasteiger partial charge in [-0.05, 0) is 25.5 Å². The number of nitrogens with one attached hydrogen (secondary N) is 1. The smallest absolute Gasteiger partial charge is 0.245 e. The van der Waals surface area contributed by atoms with Crippen LogP contribution in [-0.2, 0) is 4.79 Å². The van der Waals surface area contributed by atoms with Crippen molar-refractivity contribution < 1.29 is 9.53 Å². The lowest BCUT2D eigenvalue weighted by molar-refractivity contribution is -0.114. The monoisotopic (exact) mass is 294 g/mol. The first kappa shape index (κ1) is 14.5. The van der Waals surface area contributed by atoms with E-state index in [1.165, 1.54) is 6.92 Å². The van der Waals surface area contributed by atoms with Crippen molar-refractivity contribution in [2.24, 2.45) is 0 Å². The van der Waals surface area contributed by atoms with Crippen molar-refractivity contribution in [2.75, 3.05) is 5.32 Å².